The lowest BCUT2D eigenvalue weighted by Crippen LogP contribution is -2.00. The summed E-state index contributed by atoms with van der Waals surface area (Å²) < 4.78 is 0. The molecule has 1 rings (SSSR count). The van der Waals surface area contributed by atoms with Crippen molar-refractivity contribution in [3.63, 3.8) is 0 Å². The summed E-state index contributed by atoms with van der Waals surface area (Å²) in [6.07, 6.45) is 0. The van der Waals surface area contributed by atoms with Crippen molar-refractivity contribution in [2.45, 2.75) is 6.92 Å². The third-order valence-electron chi connectivity index (χ3n) is 1.57. The molecule has 0 atom stereocenters. The number of nitrogens with zero attached hydrogens (tertiary/aromatic N) is 2. The van der Waals surface area contributed by atoms with Crippen molar-refractivity contribution < 1.29 is 15.0 Å². The molecule has 0 aliphatic carbocycles. The fraction of sp³-hybridized carbons (Fsp3) is 0.100. The second kappa shape index (κ2) is 4.90. The molecule has 0 radical (unpaired) electrons. The highest BCUT2D eigenvalue weighted by Gasteiger charge is 2.09. The quantitative estimate of drug-likeness (QED) is 0.453. The minimum absolute atomic E-state index is 0.373. The van der Waals surface area contributed by atoms with Crippen molar-refractivity contribution in [3.8, 4) is 0 Å². The molecule has 0 fully saturated rings. The number of hydrogen-bond donors (Lipinski definition) is 2. The normalized spacial score (nSPS) is 12.6. The lowest BCUT2D eigenvalue weighted by molar-refractivity contribution is -0.132. The smallest absolute Gasteiger partial charge is 0.359 e. The first-order chi connectivity index (χ1) is 7.11. The molecule has 1 aromatic carbocycles. The molecule has 5 heteroatoms. The molecular formula is C10H10N2O3. The first-order valence-electron chi connectivity index (χ1n) is 4.21. The van der Waals surface area contributed by atoms with Gasteiger partial charge in [0.15, 0.2) is 0 Å². The molecule has 15 heavy (non-hydrogen) atoms. The van der Waals surface area contributed by atoms with Gasteiger partial charge in [0.2, 0.25) is 5.70 Å². The lowest BCUT2D eigenvalue weighted by atomic mass is 10.3. The molecular weight excluding hydrogens is 196 g/mol. The van der Waals surface area contributed by atoms with Crippen LogP contribution >= 0.6 is 0 Å². The summed E-state index contributed by atoms with van der Waals surface area (Å²) in [5.41, 5.74) is 0.0661. The van der Waals surface area contributed by atoms with Crippen LogP contribution in [0.1, 0.15) is 6.92 Å². The molecule has 2 N–H and O–H groups in total. The topological polar surface area (TPSA) is 82.2 Å². The van der Waals surface area contributed by atoms with Crippen LogP contribution in [0.5, 0.6) is 0 Å². The molecule has 0 amide bonds. The number of aliphatic carboxylic acids is 1. The van der Waals surface area contributed by atoms with Crippen molar-refractivity contribution in [3.05, 3.63) is 41.8 Å². The predicted octanol–water partition coefficient (Wildman–Crippen LogP) is 2.64. The maximum atomic E-state index is 10.6. The Morgan fingerprint density at radius 3 is 2.27 bits per heavy atom. The Balaban J connectivity index is 2.90. The molecule has 78 valence electrons. The van der Waals surface area contributed by atoms with Crippen molar-refractivity contribution >= 4 is 11.7 Å². The van der Waals surface area contributed by atoms with E-state index < -0.39 is 11.7 Å². The van der Waals surface area contributed by atoms with E-state index in [4.69, 9.17) is 10.2 Å². The monoisotopic (exact) mass is 206 g/mol. The summed E-state index contributed by atoms with van der Waals surface area (Å²) in [4.78, 5) is 10.6. The van der Waals surface area contributed by atoms with Crippen LogP contribution in [0, 0.1) is 0 Å². The summed E-state index contributed by atoms with van der Waals surface area (Å²) in [5, 5.41) is 24.8. The molecule has 0 unspecified atom stereocenters. The van der Waals surface area contributed by atoms with E-state index >= 15 is 0 Å². The number of rotatable bonds is 3. The highest BCUT2D eigenvalue weighted by atomic mass is 16.4. The van der Waals surface area contributed by atoms with Gasteiger partial charge in [0.1, 0.15) is 5.76 Å². The minimum atomic E-state index is -1.31. The maximum absolute atomic E-state index is 10.6. The highest BCUT2D eigenvalue weighted by Crippen LogP contribution is 2.13. The van der Waals surface area contributed by atoms with Crippen molar-refractivity contribution in [1.82, 2.24) is 0 Å². The number of benzene rings is 1. The van der Waals surface area contributed by atoms with Gasteiger partial charge < -0.3 is 10.2 Å². The fourth-order valence-corrected chi connectivity index (χ4v) is 0.872. The van der Waals surface area contributed by atoms with Crippen LogP contribution in [0.25, 0.3) is 0 Å². The van der Waals surface area contributed by atoms with Crippen LogP contribution in [-0.2, 0) is 4.79 Å². The zero-order valence-corrected chi connectivity index (χ0v) is 8.08. The Kier molecular flexibility index (Phi) is 3.56. The summed E-state index contributed by atoms with van der Waals surface area (Å²) in [6, 6.07) is 8.67. The van der Waals surface area contributed by atoms with Gasteiger partial charge in [-0.3, -0.25) is 0 Å². The van der Waals surface area contributed by atoms with Gasteiger partial charge in [-0.05, 0) is 19.1 Å². The third-order valence-corrected chi connectivity index (χ3v) is 1.57. The Morgan fingerprint density at radius 2 is 1.80 bits per heavy atom. The standard InChI is InChI=1S/C10H10N2O3/c1-7(13)9(10(14)15)12-11-8-5-3-2-4-6-8/h2-6,13H,1H3,(H,14,15). The number of carboxylic acids is 1. The largest absolute Gasteiger partial charge is 0.510 e. The fourth-order valence-electron chi connectivity index (χ4n) is 0.872. The van der Waals surface area contributed by atoms with Crippen LogP contribution in [0.4, 0.5) is 5.69 Å². The predicted molar refractivity (Wildman–Crippen MR) is 53.9 cm³/mol. The van der Waals surface area contributed by atoms with Crippen molar-refractivity contribution in [2.24, 2.45) is 10.2 Å². The second-order valence-corrected chi connectivity index (χ2v) is 2.77. The number of azo groups is 1. The second-order valence-electron chi connectivity index (χ2n) is 2.77. The van der Waals surface area contributed by atoms with Crippen LogP contribution in [0.3, 0.4) is 0 Å². The van der Waals surface area contributed by atoms with Gasteiger partial charge in [0.05, 0.1) is 5.69 Å². The van der Waals surface area contributed by atoms with E-state index in [2.05, 4.69) is 10.2 Å². The molecule has 0 bridgehead atoms. The zero-order valence-electron chi connectivity index (χ0n) is 8.08. The summed E-state index contributed by atoms with van der Waals surface area (Å²) in [6.45, 7) is 1.24. The van der Waals surface area contributed by atoms with Gasteiger partial charge in [0, 0.05) is 0 Å². The number of carbonyl (C=O) groups is 1. The molecule has 0 heterocycles. The number of carboxylic acid groups (broad SMARTS) is 1. The maximum Gasteiger partial charge on any atom is 0.359 e. The van der Waals surface area contributed by atoms with Gasteiger partial charge in [-0.1, -0.05) is 18.2 Å². The Morgan fingerprint density at radius 1 is 1.20 bits per heavy atom. The van der Waals surface area contributed by atoms with E-state index in [0.29, 0.717) is 5.69 Å². The van der Waals surface area contributed by atoms with Crippen molar-refractivity contribution in [1.29, 1.82) is 0 Å². The van der Waals surface area contributed by atoms with Crippen LogP contribution < -0.4 is 0 Å². The molecule has 0 spiro atoms. The van der Waals surface area contributed by atoms with E-state index in [0.717, 1.165) is 0 Å². The summed E-state index contributed by atoms with van der Waals surface area (Å²) in [5.74, 6) is -1.68. The van der Waals surface area contributed by atoms with Crippen LogP contribution in [0.15, 0.2) is 52.0 Å². The summed E-state index contributed by atoms with van der Waals surface area (Å²) >= 11 is 0. The molecule has 5 nitrogen and oxygen atoms in total. The van der Waals surface area contributed by atoms with Gasteiger partial charge in [-0.15, -0.1) is 5.11 Å². The SMILES string of the molecule is CC(O)=C(N=Nc1ccccc1)C(=O)O. The number of allylic oxidation sites excluding steroid dienone is 1. The zero-order chi connectivity index (χ0) is 11.3. The lowest BCUT2D eigenvalue weighted by Gasteiger charge is -1.95. The van der Waals surface area contributed by atoms with E-state index in [-0.39, 0.29) is 5.76 Å². The molecule has 0 saturated carbocycles. The van der Waals surface area contributed by atoms with E-state index in [1.165, 1.54) is 6.92 Å². The first kappa shape index (κ1) is 10.9. The third kappa shape index (κ3) is 3.22. The molecule has 0 aliphatic heterocycles. The number of aliphatic hydroxyl groups is 1. The Bertz CT molecular complexity index is 406. The van der Waals surface area contributed by atoms with E-state index in [1.807, 2.05) is 6.07 Å². The highest BCUT2D eigenvalue weighted by molar-refractivity contribution is 5.86. The Labute approximate surface area is 86.4 Å². The van der Waals surface area contributed by atoms with Gasteiger partial charge in [0.25, 0.3) is 0 Å². The average Bonchev–Trinajstić information content (AvgIpc) is 2.18. The minimum Gasteiger partial charge on any atom is -0.510 e. The molecule has 0 saturated heterocycles. The molecule has 0 aromatic heterocycles. The van der Waals surface area contributed by atoms with Gasteiger partial charge >= 0.3 is 5.97 Å². The van der Waals surface area contributed by atoms with Gasteiger partial charge in [-0.2, -0.15) is 5.11 Å². The first-order valence-corrected chi connectivity index (χ1v) is 4.21. The van der Waals surface area contributed by atoms with E-state index in [9.17, 15) is 4.79 Å². The molecule has 1 aromatic rings. The van der Waals surface area contributed by atoms with Crippen molar-refractivity contribution in [2.75, 3.05) is 0 Å². The number of aliphatic hydroxyl groups excluding tert-OH is 1. The van der Waals surface area contributed by atoms with Gasteiger partial charge in [-0.25, -0.2) is 4.79 Å². The Hall–Kier alpha value is -2.17. The van der Waals surface area contributed by atoms with Crippen LogP contribution in [0.2, 0.25) is 0 Å². The average molecular weight is 206 g/mol. The number of hydrogen-bond acceptors (Lipinski definition) is 4. The molecule has 0 aliphatic rings. The van der Waals surface area contributed by atoms with E-state index in [1.54, 1.807) is 24.3 Å². The summed E-state index contributed by atoms with van der Waals surface area (Å²) in [7, 11) is 0. The van der Waals surface area contributed by atoms with Crippen LogP contribution in [-0.4, -0.2) is 16.2 Å².